The van der Waals surface area contributed by atoms with Crippen LogP contribution in [0.4, 0.5) is 0 Å². The molecule has 3 heteroatoms. The van der Waals surface area contributed by atoms with E-state index in [-0.39, 0.29) is 14.5 Å². The Labute approximate surface area is 89.0 Å². The van der Waals surface area contributed by atoms with Crippen LogP contribution in [0.15, 0.2) is 42.5 Å². The van der Waals surface area contributed by atoms with Gasteiger partial charge in [-0.2, -0.15) is 30.4 Å². The van der Waals surface area contributed by atoms with Gasteiger partial charge in [-0.3, -0.25) is 0 Å². The molecule has 0 amide bonds. The normalized spacial score (nSPS) is 13.6. The van der Waals surface area contributed by atoms with Crippen LogP contribution in [-0.4, -0.2) is 0 Å². The Balaban J connectivity index is 0.000000292. The summed E-state index contributed by atoms with van der Waals surface area (Å²) < 4.78 is 0. The van der Waals surface area contributed by atoms with E-state index < -0.39 is 0 Å². The molecule has 0 atom stereocenters. The monoisotopic (exact) mass is 456 g/mol. The van der Waals surface area contributed by atoms with Crippen molar-refractivity contribution >= 4 is 26.6 Å². The Morgan fingerprint density at radius 2 is 1.45 bits per heavy atom. The van der Waals surface area contributed by atoms with Crippen molar-refractivity contribution in [2.45, 2.75) is 0 Å². The Morgan fingerprint density at radius 1 is 0.909 bits per heavy atom. The fraction of sp³-hybridized carbons (Fsp3) is 0. The standard InChI is InChI=1S/C8H7.2BrH.Pt/c1-2-4-6-8-7-5-3-1;;;/h1-7H;2*1H;/q-1;;;+2/p-2. The summed E-state index contributed by atoms with van der Waals surface area (Å²) in [7, 11) is 0. The van der Waals surface area contributed by atoms with Gasteiger partial charge in [0.25, 0.3) is 0 Å². The van der Waals surface area contributed by atoms with E-state index in [0.29, 0.717) is 0 Å². The first-order valence-electron chi connectivity index (χ1n) is 2.82. The minimum Gasteiger partial charge on any atom is -0.184 e. The van der Waals surface area contributed by atoms with Crippen LogP contribution >= 0.6 is 26.6 Å². The average molecular weight is 458 g/mol. The summed E-state index contributed by atoms with van der Waals surface area (Å²) in [5.41, 5.74) is 0. The van der Waals surface area contributed by atoms with Crippen LogP contribution in [0.5, 0.6) is 0 Å². The molecule has 0 N–H and O–H groups in total. The molecular formula is C8H7Br2Pt-. The second kappa shape index (κ2) is 10.6. The van der Waals surface area contributed by atoms with E-state index in [2.05, 4.69) is 32.7 Å². The Hall–Kier alpha value is 0.608. The van der Waals surface area contributed by atoms with Crippen LogP contribution in [0.1, 0.15) is 0 Å². The maximum atomic E-state index is 3.17. The summed E-state index contributed by atoms with van der Waals surface area (Å²) in [4.78, 5) is 0. The summed E-state index contributed by atoms with van der Waals surface area (Å²) >= 11 is 6.56. The number of halogens is 2. The van der Waals surface area contributed by atoms with Gasteiger partial charge < -0.3 is 0 Å². The first-order chi connectivity index (χ1) is 5.41. The molecule has 64 valence electrons. The number of hydrogen-bond donors (Lipinski definition) is 0. The summed E-state index contributed by atoms with van der Waals surface area (Å²) in [5.74, 6) is 0. The molecule has 0 aliphatic heterocycles. The molecule has 0 heterocycles. The molecule has 1 rings (SSSR count). The molecule has 1 aliphatic carbocycles. The van der Waals surface area contributed by atoms with Gasteiger partial charge in [0.15, 0.2) is 0 Å². The van der Waals surface area contributed by atoms with Crippen molar-refractivity contribution in [1.82, 2.24) is 0 Å². The van der Waals surface area contributed by atoms with E-state index in [4.69, 9.17) is 0 Å². The van der Waals surface area contributed by atoms with Crippen LogP contribution in [0, 0.1) is 6.08 Å². The van der Waals surface area contributed by atoms with Crippen LogP contribution in [0.3, 0.4) is 0 Å². The average Bonchev–Trinajstić information content (AvgIpc) is 1.86. The van der Waals surface area contributed by atoms with Crippen molar-refractivity contribution in [2.75, 3.05) is 0 Å². The third kappa shape index (κ3) is 10.6. The maximum absolute atomic E-state index is 3.17. The molecule has 0 aromatic heterocycles. The van der Waals surface area contributed by atoms with Gasteiger partial charge in [-0.1, -0.05) is 6.08 Å². The minimum atomic E-state index is 0.208. The van der Waals surface area contributed by atoms with Crippen molar-refractivity contribution in [3.8, 4) is 0 Å². The largest absolute Gasteiger partial charge is 0.184 e. The summed E-state index contributed by atoms with van der Waals surface area (Å²) in [6, 6.07) is 0. The van der Waals surface area contributed by atoms with Gasteiger partial charge in [-0.05, 0) is 0 Å². The van der Waals surface area contributed by atoms with Crippen LogP contribution in [-0.2, 0) is 14.5 Å². The van der Waals surface area contributed by atoms with Gasteiger partial charge in [-0.25, -0.2) is 0 Å². The molecule has 11 heavy (non-hydrogen) atoms. The second-order valence-corrected chi connectivity index (χ2v) is 11.4. The SMILES string of the molecule is [Br][Pt][Br].[C-]1=CC=CC=CC=C1. The summed E-state index contributed by atoms with van der Waals surface area (Å²) in [6.45, 7) is 0. The Kier molecular flexibility index (Phi) is 11.2. The van der Waals surface area contributed by atoms with Gasteiger partial charge in [0.2, 0.25) is 0 Å². The van der Waals surface area contributed by atoms with Crippen molar-refractivity contribution in [2.24, 2.45) is 0 Å². The van der Waals surface area contributed by atoms with E-state index in [9.17, 15) is 0 Å². The molecule has 0 spiro atoms. The van der Waals surface area contributed by atoms with Crippen LogP contribution in [0.25, 0.3) is 0 Å². The molecule has 0 nitrogen and oxygen atoms in total. The van der Waals surface area contributed by atoms with Gasteiger partial charge in [0.1, 0.15) is 0 Å². The van der Waals surface area contributed by atoms with Gasteiger partial charge in [0, 0.05) is 0 Å². The van der Waals surface area contributed by atoms with Crippen LogP contribution < -0.4 is 0 Å². The van der Waals surface area contributed by atoms with E-state index in [1.54, 1.807) is 0 Å². The number of allylic oxidation sites excluding steroid dienone is 8. The molecule has 0 saturated heterocycles. The van der Waals surface area contributed by atoms with Gasteiger partial charge >= 0.3 is 41.0 Å². The molecule has 0 radical (unpaired) electrons. The summed E-state index contributed by atoms with van der Waals surface area (Å²) in [6.07, 6.45) is 16.5. The topological polar surface area (TPSA) is 0 Å². The van der Waals surface area contributed by atoms with Crippen molar-refractivity contribution in [3.63, 3.8) is 0 Å². The molecular weight excluding hydrogens is 451 g/mol. The fourth-order valence-electron chi connectivity index (χ4n) is 0.470. The number of rotatable bonds is 0. The van der Waals surface area contributed by atoms with Gasteiger partial charge in [0.05, 0.1) is 0 Å². The zero-order chi connectivity index (χ0) is 8.36. The van der Waals surface area contributed by atoms with Crippen molar-refractivity contribution < 1.29 is 14.5 Å². The minimum absolute atomic E-state index is 0.208. The van der Waals surface area contributed by atoms with Crippen molar-refractivity contribution in [3.05, 3.63) is 48.6 Å². The molecule has 0 aromatic rings. The van der Waals surface area contributed by atoms with E-state index in [1.165, 1.54) is 0 Å². The third-order valence-corrected chi connectivity index (χ3v) is 0.829. The molecule has 0 saturated carbocycles. The Bertz CT molecular complexity index is 125. The Morgan fingerprint density at radius 3 is 2.18 bits per heavy atom. The fourth-order valence-corrected chi connectivity index (χ4v) is 0.470. The first-order valence-corrected chi connectivity index (χ1v) is 12.7. The molecule has 0 fully saturated rings. The van der Waals surface area contributed by atoms with E-state index >= 15 is 0 Å². The van der Waals surface area contributed by atoms with E-state index in [0.717, 1.165) is 0 Å². The first kappa shape index (κ1) is 11.6. The molecule has 0 aromatic carbocycles. The smallest absolute Gasteiger partial charge is 0.0865 e. The predicted octanol–water partition coefficient (Wildman–Crippen LogP) is 3.72. The quantitative estimate of drug-likeness (QED) is 0.486. The van der Waals surface area contributed by atoms with E-state index in [1.807, 2.05) is 42.5 Å². The second-order valence-electron chi connectivity index (χ2n) is 1.51. The zero-order valence-electron chi connectivity index (χ0n) is 5.61. The van der Waals surface area contributed by atoms with Crippen LogP contribution in [0.2, 0.25) is 0 Å². The van der Waals surface area contributed by atoms with Gasteiger partial charge in [-0.15, -0.1) is 12.2 Å². The molecule has 0 bridgehead atoms. The molecule has 0 unspecified atom stereocenters. The zero-order valence-corrected chi connectivity index (χ0v) is 11.1. The van der Waals surface area contributed by atoms with Crippen molar-refractivity contribution in [1.29, 1.82) is 0 Å². The third-order valence-electron chi connectivity index (χ3n) is 0.829. The maximum Gasteiger partial charge on any atom is -0.0865 e. The predicted molar refractivity (Wildman–Crippen MR) is 53.1 cm³/mol. The number of hydrogen-bond acceptors (Lipinski definition) is 0. The summed E-state index contributed by atoms with van der Waals surface area (Å²) in [5, 5.41) is 0. The molecule has 1 aliphatic rings.